The van der Waals surface area contributed by atoms with E-state index in [1.54, 1.807) is 48.5 Å². The lowest BCUT2D eigenvalue weighted by Gasteiger charge is -2.10. The number of nitrogens with zero attached hydrogens (tertiary/aromatic N) is 1. The molecule has 0 saturated heterocycles. The van der Waals surface area contributed by atoms with Crippen molar-refractivity contribution in [3.05, 3.63) is 59.1 Å². The van der Waals surface area contributed by atoms with Crippen LogP contribution in [0.1, 0.15) is 16.8 Å². The molecule has 0 aromatic heterocycles. The fourth-order valence-corrected chi connectivity index (χ4v) is 1.83. The van der Waals surface area contributed by atoms with Gasteiger partial charge in [0.25, 0.3) is 0 Å². The van der Waals surface area contributed by atoms with E-state index in [0.29, 0.717) is 16.5 Å². The second-order valence-electron chi connectivity index (χ2n) is 4.27. The molecule has 0 spiro atoms. The number of nitriles is 1. The maximum atomic E-state index is 12.2. The summed E-state index contributed by atoms with van der Waals surface area (Å²) in [5.41, 5.74) is 0.491. The van der Waals surface area contributed by atoms with Crippen molar-refractivity contribution >= 4 is 29.2 Å². The highest BCUT2D eigenvalue weighted by atomic mass is 35.5. The summed E-state index contributed by atoms with van der Waals surface area (Å²) in [4.78, 5) is 23.7. The van der Waals surface area contributed by atoms with Gasteiger partial charge >= 0.3 is 5.97 Å². The predicted octanol–water partition coefficient (Wildman–Crippen LogP) is 3.41. The molecule has 0 bridgehead atoms. The molecule has 0 radical (unpaired) electrons. The summed E-state index contributed by atoms with van der Waals surface area (Å²) in [5.74, 6) is -0.767. The van der Waals surface area contributed by atoms with Crippen LogP contribution < -0.4 is 10.1 Å². The van der Waals surface area contributed by atoms with Gasteiger partial charge in [-0.1, -0.05) is 23.7 Å². The number of carbonyl (C=O) groups excluding carboxylic acids is 2. The fraction of sp³-hybridized carbons (Fsp3) is 0.0625. The highest BCUT2D eigenvalue weighted by Gasteiger charge is 2.15. The average Bonchev–Trinajstić information content (AvgIpc) is 2.50. The number of nitrogens with one attached hydrogen (secondary N) is 1. The minimum atomic E-state index is -0.616. The van der Waals surface area contributed by atoms with Crippen LogP contribution in [-0.4, -0.2) is 11.9 Å². The van der Waals surface area contributed by atoms with Crippen molar-refractivity contribution in [2.24, 2.45) is 0 Å². The first-order valence-electron chi connectivity index (χ1n) is 6.33. The Morgan fingerprint density at radius 1 is 1.14 bits per heavy atom. The summed E-state index contributed by atoms with van der Waals surface area (Å²) < 4.78 is 5.22. The quantitative estimate of drug-likeness (QED) is 0.692. The summed E-state index contributed by atoms with van der Waals surface area (Å²) >= 11 is 5.76. The smallest absolute Gasteiger partial charge is 0.345 e. The van der Waals surface area contributed by atoms with Gasteiger partial charge in [0, 0.05) is 5.02 Å². The van der Waals surface area contributed by atoms with Crippen LogP contribution in [0.4, 0.5) is 5.69 Å². The number of hydrogen-bond donors (Lipinski definition) is 1. The molecule has 0 aliphatic heterocycles. The summed E-state index contributed by atoms with van der Waals surface area (Å²) in [6, 6.07) is 14.5. The first kappa shape index (κ1) is 15.5. The van der Waals surface area contributed by atoms with Crippen molar-refractivity contribution in [1.82, 2.24) is 0 Å². The normalized spacial score (nSPS) is 9.64. The van der Waals surface area contributed by atoms with Gasteiger partial charge in [-0.2, -0.15) is 5.26 Å². The molecule has 0 fully saturated rings. The third-order valence-electron chi connectivity index (χ3n) is 2.68. The number of para-hydroxylation sites is 1. The van der Waals surface area contributed by atoms with Gasteiger partial charge in [-0.05, 0) is 36.4 Å². The number of carbonyl (C=O) groups is 2. The minimum Gasteiger partial charge on any atom is -0.423 e. The van der Waals surface area contributed by atoms with Gasteiger partial charge in [-0.3, -0.25) is 4.79 Å². The molecular weight excluding hydrogens is 304 g/mol. The molecule has 1 N–H and O–H groups in total. The Morgan fingerprint density at radius 2 is 1.82 bits per heavy atom. The molecule has 110 valence electrons. The molecule has 0 atom stereocenters. The van der Waals surface area contributed by atoms with Gasteiger partial charge in [0.05, 0.1) is 17.3 Å². The van der Waals surface area contributed by atoms with E-state index >= 15 is 0 Å². The Hall–Kier alpha value is -2.84. The largest absolute Gasteiger partial charge is 0.423 e. The van der Waals surface area contributed by atoms with Crippen LogP contribution >= 0.6 is 11.6 Å². The molecule has 0 aliphatic carbocycles. The Labute approximate surface area is 132 Å². The molecule has 0 saturated carbocycles. The number of rotatable bonds is 4. The lowest BCUT2D eigenvalue weighted by Crippen LogP contribution is -2.16. The number of halogens is 1. The summed E-state index contributed by atoms with van der Waals surface area (Å²) in [6.07, 6.45) is -0.291. The number of amides is 1. The van der Waals surface area contributed by atoms with Gasteiger partial charge in [-0.25, -0.2) is 4.79 Å². The zero-order chi connectivity index (χ0) is 15.9. The van der Waals surface area contributed by atoms with E-state index in [4.69, 9.17) is 21.6 Å². The average molecular weight is 315 g/mol. The predicted molar refractivity (Wildman–Crippen MR) is 81.7 cm³/mol. The van der Waals surface area contributed by atoms with Crippen LogP contribution in [-0.2, 0) is 4.79 Å². The molecule has 5 nitrogen and oxygen atoms in total. The van der Waals surface area contributed by atoms with Crippen molar-refractivity contribution in [2.75, 3.05) is 5.32 Å². The summed E-state index contributed by atoms with van der Waals surface area (Å²) in [7, 11) is 0. The van der Waals surface area contributed by atoms with E-state index < -0.39 is 11.9 Å². The van der Waals surface area contributed by atoms with Gasteiger partial charge in [-0.15, -0.1) is 0 Å². The van der Waals surface area contributed by atoms with Crippen molar-refractivity contribution in [1.29, 1.82) is 5.26 Å². The van der Waals surface area contributed by atoms with E-state index in [1.165, 1.54) is 6.07 Å². The monoisotopic (exact) mass is 314 g/mol. The second-order valence-corrected chi connectivity index (χ2v) is 4.71. The first-order valence-corrected chi connectivity index (χ1v) is 6.71. The van der Waals surface area contributed by atoms with E-state index in [9.17, 15) is 9.59 Å². The number of benzene rings is 2. The van der Waals surface area contributed by atoms with Gasteiger partial charge < -0.3 is 10.1 Å². The van der Waals surface area contributed by atoms with Crippen molar-refractivity contribution < 1.29 is 14.3 Å². The van der Waals surface area contributed by atoms with Crippen LogP contribution in [0, 0.1) is 11.3 Å². The third-order valence-corrected chi connectivity index (χ3v) is 2.94. The lowest BCUT2D eigenvalue weighted by atomic mass is 10.1. The van der Waals surface area contributed by atoms with Crippen LogP contribution in [0.5, 0.6) is 5.75 Å². The molecule has 2 rings (SSSR count). The molecule has 1 amide bonds. The van der Waals surface area contributed by atoms with E-state index in [1.807, 2.05) is 0 Å². The number of hydrogen-bond acceptors (Lipinski definition) is 4. The Kier molecular flexibility index (Phi) is 5.12. The minimum absolute atomic E-state index is 0.198. The summed E-state index contributed by atoms with van der Waals surface area (Å²) in [5, 5.41) is 11.5. The number of esters is 1. The van der Waals surface area contributed by atoms with Crippen molar-refractivity contribution in [3.63, 3.8) is 0 Å². The highest BCUT2D eigenvalue weighted by Crippen LogP contribution is 2.20. The van der Waals surface area contributed by atoms with Crippen LogP contribution in [0.2, 0.25) is 5.02 Å². The van der Waals surface area contributed by atoms with Crippen LogP contribution in [0.3, 0.4) is 0 Å². The number of ether oxygens (including phenoxy) is 1. The maximum absolute atomic E-state index is 12.2. The van der Waals surface area contributed by atoms with Gasteiger partial charge in [0.1, 0.15) is 12.2 Å². The van der Waals surface area contributed by atoms with Crippen molar-refractivity contribution in [3.8, 4) is 11.8 Å². The Balaban J connectivity index is 2.17. The third kappa shape index (κ3) is 4.08. The molecular formula is C16H11ClN2O3. The van der Waals surface area contributed by atoms with E-state index in [2.05, 4.69) is 5.32 Å². The number of anilines is 1. The van der Waals surface area contributed by atoms with Crippen molar-refractivity contribution in [2.45, 2.75) is 6.42 Å². The Bertz CT molecular complexity index is 736. The fourth-order valence-electron chi connectivity index (χ4n) is 1.70. The second kappa shape index (κ2) is 7.25. The molecule has 0 unspecified atom stereocenters. The zero-order valence-corrected chi connectivity index (χ0v) is 12.1. The molecule has 6 heteroatoms. The maximum Gasteiger partial charge on any atom is 0.345 e. The topological polar surface area (TPSA) is 79.2 Å². The van der Waals surface area contributed by atoms with Gasteiger partial charge in [0.2, 0.25) is 5.91 Å². The standard InChI is InChI=1S/C16H11ClN2O3/c17-11-5-7-12(8-6-11)22-16(21)13-3-1-2-4-14(13)19-15(20)9-10-18/h1-8H,9H2,(H,19,20). The highest BCUT2D eigenvalue weighted by molar-refractivity contribution is 6.30. The SMILES string of the molecule is N#CCC(=O)Nc1ccccc1C(=O)Oc1ccc(Cl)cc1. The lowest BCUT2D eigenvalue weighted by molar-refractivity contribution is -0.115. The molecule has 2 aromatic rings. The zero-order valence-electron chi connectivity index (χ0n) is 11.4. The van der Waals surface area contributed by atoms with Crippen LogP contribution in [0.25, 0.3) is 0 Å². The van der Waals surface area contributed by atoms with Gasteiger partial charge in [0.15, 0.2) is 0 Å². The molecule has 0 aliphatic rings. The van der Waals surface area contributed by atoms with E-state index in [0.717, 1.165) is 0 Å². The summed E-state index contributed by atoms with van der Waals surface area (Å²) in [6.45, 7) is 0. The van der Waals surface area contributed by atoms with E-state index in [-0.39, 0.29) is 12.0 Å². The van der Waals surface area contributed by atoms with Crippen LogP contribution in [0.15, 0.2) is 48.5 Å². The molecule has 2 aromatic carbocycles. The Morgan fingerprint density at radius 3 is 2.50 bits per heavy atom. The first-order chi connectivity index (χ1) is 10.6. The molecule has 0 heterocycles. The molecule has 22 heavy (non-hydrogen) atoms.